The number of nitrogens with zero attached hydrogens (tertiary/aromatic N) is 3. The van der Waals surface area contributed by atoms with Crippen LogP contribution in [0.3, 0.4) is 0 Å². The second-order valence-corrected chi connectivity index (χ2v) is 5.73. The Bertz CT molecular complexity index is 482. The highest BCUT2D eigenvalue weighted by molar-refractivity contribution is 7.99. The lowest BCUT2D eigenvalue weighted by atomic mass is 10.3. The molecule has 1 aliphatic heterocycles. The summed E-state index contributed by atoms with van der Waals surface area (Å²) in [5, 5.41) is 2.63. The summed E-state index contributed by atoms with van der Waals surface area (Å²) in [5.41, 5.74) is 6.95. The summed E-state index contributed by atoms with van der Waals surface area (Å²) in [6.45, 7) is 3.87. The van der Waals surface area contributed by atoms with Gasteiger partial charge in [0.15, 0.2) is 5.96 Å². The number of aliphatic imine (C=N–C) groups is 1. The Hall–Kier alpha value is -1.76. The topological polar surface area (TPSA) is 83.6 Å². The number of carbonyl (C=O) groups excluding carboxylic acids is 1. The first kappa shape index (κ1) is 14.6. The molecule has 0 aromatic carbocycles. The Labute approximate surface area is 122 Å². The minimum Gasteiger partial charge on any atom is -0.370 e. The third-order valence-corrected chi connectivity index (χ3v) is 3.83. The maximum absolute atomic E-state index is 10.9. The monoisotopic (exact) mass is 293 g/mol. The van der Waals surface area contributed by atoms with Crippen molar-refractivity contribution in [3.63, 3.8) is 0 Å². The van der Waals surface area contributed by atoms with Crippen molar-refractivity contribution in [1.29, 1.82) is 0 Å². The maximum atomic E-state index is 10.9. The van der Waals surface area contributed by atoms with E-state index in [4.69, 9.17) is 5.73 Å². The van der Waals surface area contributed by atoms with E-state index < -0.39 is 0 Å². The van der Waals surface area contributed by atoms with E-state index in [0.717, 1.165) is 30.2 Å². The molecule has 1 aromatic rings. The molecule has 0 spiro atoms. The summed E-state index contributed by atoms with van der Waals surface area (Å²) in [5.74, 6) is 3.21. The average molecular weight is 293 g/mol. The Morgan fingerprint density at radius 2 is 2.25 bits per heavy atom. The van der Waals surface area contributed by atoms with E-state index >= 15 is 0 Å². The largest absolute Gasteiger partial charge is 0.370 e. The van der Waals surface area contributed by atoms with Gasteiger partial charge in [-0.25, -0.2) is 9.98 Å². The molecule has 1 fully saturated rings. The van der Waals surface area contributed by atoms with Crippen LogP contribution in [-0.2, 0) is 11.3 Å². The van der Waals surface area contributed by atoms with Crippen molar-refractivity contribution in [3.05, 3.63) is 23.9 Å². The second-order valence-electron chi connectivity index (χ2n) is 4.51. The van der Waals surface area contributed by atoms with Crippen LogP contribution in [0, 0.1) is 0 Å². The summed E-state index contributed by atoms with van der Waals surface area (Å²) in [4.78, 5) is 21.5. The van der Waals surface area contributed by atoms with Crippen molar-refractivity contribution in [3.8, 4) is 0 Å². The molecule has 2 rings (SSSR count). The molecule has 1 saturated heterocycles. The van der Waals surface area contributed by atoms with Crippen LogP contribution in [0.5, 0.6) is 0 Å². The van der Waals surface area contributed by atoms with E-state index in [1.54, 1.807) is 12.3 Å². The highest BCUT2D eigenvalue weighted by atomic mass is 32.2. The van der Waals surface area contributed by atoms with Crippen LogP contribution in [0.4, 0.5) is 5.82 Å². The minimum absolute atomic E-state index is 0.129. The van der Waals surface area contributed by atoms with E-state index in [1.165, 1.54) is 6.92 Å². The molecule has 2 heterocycles. The van der Waals surface area contributed by atoms with Crippen LogP contribution in [-0.4, -0.2) is 46.3 Å². The normalized spacial score (nSPS) is 16.1. The lowest BCUT2D eigenvalue weighted by Crippen LogP contribution is -2.42. The van der Waals surface area contributed by atoms with Gasteiger partial charge in [0.25, 0.3) is 0 Å². The van der Waals surface area contributed by atoms with Gasteiger partial charge in [-0.1, -0.05) is 6.07 Å². The van der Waals surface area contributed by atoms with Crippen LogP contribution in [0.1, 0.15) is 12.5 Å². The molecule has 6 nitrogen and oxygen atoms in total. The lowest BCUT2D eigenvalue weighted by Gasteiger charge is -2.27. The number of carbonyl (C=O) groups is 1. The Morgan fingerprint density at radius 3 is 2.85 bits per heavy atom. The molecule has 108 valence electrons. The number of pyridine rings is 1. The fourth-order valence-corrected chi connectivity index (χ4v) is 2.74. The summed E-state index contributed by atoms with van der Waals surface area (Å²) >= 11 is 1.94. The quantitative estimate of drug-likeness (QED) is 0.639. The summed E-state index contributed by atoms with van der Waals surface area (Å²) in [6.07, 6.45) is 1.70. The number of aromatic nitrogens is 1. The fourth-order valence-electron chi connectivity index (χ4n) is 1.84. The van der Waals surface area contributed by atoms with Crippen LogP contribution in [0.15, 0.2) is 23.3 Å². The molecule has 0 aliphatic carbocycles. The number of hydrogen-bond donors (Lipinski definition) is 2. The maximum Gasteiger partial charge on any atom is 0.222 e. The molecule has 0 saturated carbocycles. The molecule has 20 heavy (non-hydrogen) atoms. The van der Waals surface area contributed by atoms with Gasteiger partial charge in [0, 0.05) is 37.7 Å². The van der Waals surface area contributed by atoms with Gasteiger partial charge in [0.05, 0.1) is 6.54 Å². The number of thioether (sulfide) groups is 1. The molecular weight excluding hydrogens is 274 g/mol. The first-order chi connectivity index (χ1) is 9.65. The van der Waals surface area contributed by atoms with Gasteiger partial charge in [0.2, 0.25) is 5.91 Å². The third-order valence-electron chi connectivity index (χ3n) is 2.89. The lowest BCUT2D eigenvalue weighted by molar-refractivity contribution is -0.114. The number of nitrogens with one attached hydrogen (secondary N) is 1. The predicted molar refractivity (Wildman–Crippen MR) is 82.8 cm³/mol. The van der Waals surface area contributed by atoms with Gasteiger partial charge >= 0.3 is 0 Å². The number of guanidine groups is 1. The molecular formula is C13H19N5OS. The van der Waals surface area contributed by atoms with Crippen molar-refractivity contribution in [1.82, 2.24) is 9.88 Å². The number of hydrogen-bond acceptors (Lipinski definition) is 4. The standard InChI is InChI=1S/C13H19N5OS/c1-10(19)17-12-3-2-11(8-15-12)9-16-13(14)18-4-6-20-7-5-18/h2-3,8H,4-7,9H2,1H3,(H2,14,16)(H,15,17,19). The molecule has 1 amide bonds. The Balaban J connectivity index is 1.90. The Morgan fingerprint density at radius 1 is 1.50 bits per heavy atom. The number of anilines is 1. The second kappa shape index (κ2) is 7.14. The molecule has 1 aromatic heterocycles. The highest BCUT2D eigenvalue weighted by Gasteiger charge is 2.11. The highest BCUT2D eigenvalue weighted by Crippen LogP contribution is 2.10. The van der Waals surface area contributed by atoms with Crippen molar-refractivity contribution < 1.29 is 4.79 Å². The molecule has 1 aliphatic rings. The fraction of sp³-hybridized carbons (Fsp3) is 0.462. The zero-order chi connectivity index (χ0) is 14.4. The number of nitrogens with two attached hydrogens (primary N) is 1. The van der Waals surface area contributed by atoms with Gasteiger partial charge in [-0.2, -0.15) is 11.8 Å². The van der Waals surface area contributed by atoms with Gasteiger partial charge in [-0.15, -0.1) is 0 Å². The first-order valence-corrected chi connectivity index (χ1v) is 7.66. The van der Waals surface area contributed by atoms with E-state index in [2.05, 4.69) is 20.2 Å². The van der Waals surface area contributed by atoms with Crippen molar-refractivity contribution >= 4 is 29.4 Å². The minimum atomic E-state index is -0.129. The van der Waals surface area contributed by atoms with Crippen molar-refractivity contribution in [2.75, 3.05) is 29.9 Å². The molecule has 3 N–H and O–H groups in total. The smallest absolute Gasteiger partial charge is 0.222 e. The van der Waals surface area contributed by atoms with Crippen molar-refractivity contribution in [2.24, 2.45) is 10.7 Å². The molecule has 7 heteroatoms. The number of rotatable bonds is 3. The first-order valence-electron chi connectivity index (χ1n) is 6.50. The summed E-state index contributed by atoms with van der Waals surface area (Å²) in [6, 6.07) is 3.65. The van der Waals surface area contributed by atoms with Crippen LogP contribution in [0.2, 0.25) is 0 Å². The van der Waals surface area contributed by atoms with E-state index in [-0.39, 0.29) is 5.91 Å². The SMILES string of the molecule is CC(=O)Nc1ccc(CN=C(N)N2CCSCC2)cn1. The zero-order valence-electron chi connectivity index (χ0n) is 11.5. The van der Waals surface area contributed by atoms with Crippen LogP contribution >= 0.6 is 11.8 Å². The molecule has 0 bridgehead atoms. The molecule has 0 radical (unpaired) electrons. The predicted octanol–water partition coefficient (Wildman–Crippen LogP) is 0.903. The average Bonchev–Trinajstić information content (AvgIpc) is 2.46. The number of amides is 1. The third kappa shape index (κ3) is 4.41. The van der Waals surface area contributed by atoms with E-state index in [1.807, 2.05) is 17.8 Å². The van der Waals surface area contributed by atoms with Gasteiger partial charge < -0.3 is 16.0 Å². The van der Waals surface area contributed by atoms with E-state index in [9.17, 15) is 4.79 Å². The summed E-state index contributed by atoms with van der Waals surface area (Å²) in [7, 11) is 0. The molecule has 0 atom stereocenters. The van der Waals surface area contributed by atoms with Crippen LogP contribution in [0.25, 0.3) is 0 Å². The van der Waals surface area contributed by atoms with Crippen LogP contribution < -0.4 is 11.1 Å². The Kier molecular flexibility index (Phi) is 5.23. The van der Waals surface area contributed by atoms with Gasteiger partial charge in [0.1, 0.15) is 5.82 Å². The zero-order valence-corrected chi connectivity index (χ0v) is 12.3. The summed E-state index contributed by atoms with van der Waals surface area (Å²) < 4.78 is 0. The van der Waals surface area contributed by atoms with E-state index in [0.29, 0.717) is 18.3 Å². The van der Waals surface area contributed by atoms with Gasteiger partial charge in [-0.3, -0.25) is 4.79 Å². The van der Waals surface area contributed by atoms with Gasteiger partial charge in [-0.05, 0) is 11.6 Å². The molecule has 0 unspecified atom stereocenters. The van der Waals surface area contributed by atoms with Crippen molar-refractivity contribution in [2.45, 2.75) is 13.5 Å².